The number of aryl methyl sites for hydroxylation is 1. The van der Waals surface area contributed by atoms with Crippen LogP contribution in [0.1, 0.15) is 18.5 Å². The van der Waals surface area contributed by atoms with Crippen LogP contribution in [0.15, 0.2) is 41.1 Å². The van der Waals surface area contributed by atoms with Gasteiger partial charge in [-0.2, -0.15) is 5.10 Å². The number of carbonyl (C=O) groups excluding carboxylic acids is 1. The molecule has 0 spiro atoms. The van der Waals surface area contributed by atoms with Crippen molar-refractivity contribution in [2.45, 2.75) is 19.9 Å². The lowest BCUT2D eigenvalue weighted by Gasteiger charge is -2.14. The number of aromatic nitrogens is 2. The summed E-state index contributed by atoms with van der Waals surface area (Å²) in [6.45, 7) is 3.77. The zero-order valence-electron chi connectivity index (χ0n) is 10.2. The van der Waals surface area contributed by atoms with Crippen molar-refractivity contribution < 1.29 is 4.79 Å². The van der Waals surface area contributed by atoms with E-state index >= 15 is 0 Å². The molecule has 0 aliphatic rings. The van der Waals surface area contributed by atoms with Crippen molar-refractivity contribution in [2.24, 2.45) is 0 Å². The number of rotatable bonds is 3. The van der Waals surface area contributed by atoms with Gasteiger partial charge in [0.2, 0.25) is 5.91 Å². The first-order chi connectivity index (χ1) is 8.58. The van der Waals surface area contributed by atoms with Crippen LogP contribution in [0.4, 0.5) is 5.69 Å². The fourth-order valence-electron chi connectivity index (χ4n) is 1.63. The lowest BCUT2D eigenvalue weighted by atomic mass is 10.2. The molecule has 5 heteroatoms. The summed E-state index contributed by atoms with van der Waals surface area (Å²) in [6.07, 6.45) is 3.44. The van der Waals surface area contributed by atoms with Gasteiger partial charge in [0.05, 0.1) is 0 Å². The highest BCUT2D eigenvalue weighted by molar-refractivity contribution is 9.10. The fourth-order valence-corrected chi connectivity index (χ4v) is 2.11. The zero-order chi connectivity index (χ0) is 13.1. The second kappa shape index (κ2) is 5.35. The summed E-state index contributed by atoms with van der Waals surface area (Å²) in [5, 5.41) is 6.97. The lowest BCUT2D eigenvalue weighted by Crippen LogP contribution is -2.24. The topological polar surface area (TPSA) is 46.9 Å². The Morgan fingerprint density at radius 1 is 1.50 bits per heavy atom. The van der Waals surface area contributed by atoms with Crippen LogP contribution in [-0.4, -0.2) is 15.7 Å². The molecule has 1 aromatic carbocycles. The summed E-state index contributed by atoms with van der Waals surface area (Å²) < 4.78 is 2.63. The molecule has 0 radical (unpaired) electrons. The van der Waals surface area contributed by atoms with Gasteiger partial charge in [-0.05, 0) is 43.7 Å². The number of carbonyl (C=O) groups is 1. The fraction of sp³-hybridized carbons (Fsp3) is 0.231. The molecule has 0 saturated heterocycles. The van der Waals surface area contributed by atoms with E-state index in [9.17, 15) is 4.79 Å². The summed E-state index contributed by atoms with van der Waals surface area (Å²) in [4.78, 5) is 12.1. The number of hydrogen-bond acceptors (Lipinski definition) is 2. The monoisotopic (exact) mass is 307 g/mol. The van der Waals surface area contributed by atoms with E-state index in [0.717, 1.165) is 15.7 Å². The van der Waals surface area contributed by atoms with E-state index in [4.69, 9.17) is 0 Å². The molecule has 2 rings (SSSR count). The summed E-state index contributed by atoms with van der Waals surface area (Å²) >= 11 is 3.40. The van der Waals surface area contributed by atoms with Crippen LogP contribution in [0.5, 0.6) is 0 Å². The van der Waals surface area contributed by atoms with Crippen molar-refractivity contribution in [3.05, 3.63) is 46.7 Å². The number of hydrogen-bond donors (Lipinski definition) is 1. The average molecular weight is 308 g/mol. The zero-order valence-corrected chi connectivity index (χ0v) is 11.8. The minimum absolute atomic E-state index is 0.0795. The Labute approximate surface area is 114 Å². The molecule has 4 nitrogen and oxygen atoms in total. The van der Waals surface area contributed by atoms with E-state index in [0.29, 0.717) is 0 Å². The van der Waals surface area contributed by atoms with Crippen LogP contribution in [0.25, 0.3) is 0 Å². The third-order valence-electron chi connectivity index (χ3n) is 2.75. The number of halogens is 1. The van der Waals surface area contributed by atoms with E-state index in [1.165, 1.54) is 0 Å². The molecule has 0 aliphatic heterocycles. The second-order valence-electron chi connectivity index (χ2n) is 4.11. The van der Waals surface area contributed by atoms with Crippen LogP contribution in [0.3, 0.4) is 0 Å². The lowest BCUT2D eigenvalue weighted by molar-refractivity contribution is -0.119. The Kier molecular flexibility index (Phi) is 3.81. The van der Waals surface area contributed by atoms with E-state index in [1.807, 2.05) is 32.0 Å². The Morgan fingerprint density at radius 2 is 2.28 bits per heavy atom. The van der Waals surface area contributed by atoms with Crippen molar-refractivity contribution in [1.82, 2.24) is 9.78 Å². The molecular formula is C13H14BrN3O. The van der Waals surface area contributed by atoms with Gasteiger partial charge in [-0.1, -0.05) is 15.9 Å². The van der Waals surface area contributed by atoms with Gasteiger partial charge in [0.1, 0.15) is 6.04 Å². The summed E-state index contributed by atoms with van der Waals surface area (Å²) in [5.74, 6) is -0.0795. The highest BCUT2D eigenvalue weighted by Crippen LogP contribution is 2.21. The van der Waals surface area contributed by atoms with Gasteiger partial charge < -0.3 is 5.32 Å². The Hall–Kier alpha value is -1.62. The summed E-state index contributed by atoms with van der Waals surface area (Å²) in [5.41, 5.74) is 1.84. The first-order valence-corrected chi connectivity index (χ1v) is 6.43. The molecule has 18 heavy (non-hydrogen) atoms. The minimum Gasteiger partial charge on any atom is -0.324 e. The van der Waals surface area contributed by atoms with E-state index in [1.54, 1.807) is 23.1 Å². The van der Waals surface area contributed by atoms with Crippen LogP contribution in [0.2, 0.25) is 0 Å². The molecule has 94 valence electrons. The highest BCUT2D eigenvalue weighted by atomic mass is 79.9. The number of amides is 1. The minimum atomic E-state index is -0.331. The van der Waals surface area contributed by atoms with Crippen molar-refractivity contribution in [2.75, 3.05) is 5.32 Å². The van der Waals surface area contributed by atoms with Crippen LogP contribution >= 0.6 is 15.9 Å². The SMILES string of the molecule is Cc1cc(Br)ccc1NC(=O)C(C)n1cccn1. The standard InChI is InChI=1S/C13H14BrN3O/c1-9-8-11(14)4-5-12(9)16-13(18)10(2)17-7-3-6-15-17/h3-8,10H,1-2H3,(H,16,18). The van der Waals surface area contributed by atoms with Gasteiger partial charge in [-0.15, -0.1) is 0 Å². The second-order valence-corrected chi connectivity index (χ2v) is 5.03. The van der Waals surface area contributed by atoms with Gasteiger partial charge in [-0.3, -0.25) is 9.48 Å². The Morgan fingerprint density at radius 3 is 2.89 bits per heavy atom. The van der Waals surface area contributed by atoms with Crippen molar-refractivity contribution in [3.8, 4) is 0 Å². The quantitative estimate of drug-likeness (QED) is 0.947. The molecular weight excluding hydrogens is 294 g/mol. The smallest absolute Gasteiger partial charge is 0.248 e. The first-order valence-electron chi connectivity index (χ1n) is 5.64. The third-order valence-corrected chi connectivity index (χ3v) is 3.24. The molecule has 0 saturated carbocycles. The molecule has 1 N–H and O–H groups in total. The molecule has 0 fully saturated rings. The van der Waals surface area contributed by atoms with Crippen LogP contribution in [-0.2, 0) is 4.79 Å². The van der Waals surface area contributed by atoms with Gasteiger partial charge in [0.15, 0.2) is 0 Å². The molecule has 1 atom stereocenters. The van der Waals surface area contributed by atoms with Crippen LogP contribution in [0, 0.1) is 6.92 Å². The van der Waals surface area contributed by atoms with Gasteiger partial charge in [0.25, 0.3) is 0 Å². The number of benzene rings is 1. The maximum absolute atomic E-state index is 12.1. The van der Waals surface area contributed by atoms with Crippen molar-refractivity contribution >= 4 is 27.5 Å². The van der Waals surface area contributed by atoms with Crippen molar-refractivity contribution in [3.63, 3.8) is 0 Å². The molecule has 1 unspecified atom stereocenters. The first kappa shape index (κ1) is 12.8. The van der Waals surface area contributed by atoms with E-state index in [-0.39, 0.29) is 11.9 Å². The Bertz CT molecular complexity index is 551. The molecule has 0 bridgehead atoms. The van der Waals surface area contributed by atoms with Crippen molar-refractivity contribution in [1.29, 1.82) is 0 Å². The summed E-state index contributed by atoms with van der Waals surface area (Å²) in [7, 11) is 0. The summed E-state index contributed by atoms with van der Waals surface area (Å²) in [6, 6.07) is 7.22. The molecule has 2 aromatic rings. The maximum atomic E-state index is 12.1. The molecule has 1 amide bonds. The number of nitrogens with zero attached hydrogens (tertiary/aromatic N) is 2. The average Bonchev–Trinajstić information content (AvgIpc) is 2.85. The number of nitrogens with one attached hydrogen (secondary N) is 1. The maximum Gasteiger partial charge on any atom is 0.248 e. The van der Waals surface area contributed by atoms with Crippen LogP contribution < -0.4 is 5.32 Å². The third kappa shape index (κ3) is 2.79. The predicted molar refractivity (Wildman–Crippen MR) is 74.4 cm³/mol. The molecule has 1 aromatic heterocycles. The molecule has 0 aliphatic carbocycles. The van der Waals surface area contributed by atoms with Gasteiger partial charge in [-0.25, -0.2) is 0 Å². The van der Waals surface area contributed by atoms with E-state index < -0.39 is 0 Å². The van der Waals surface area contributed by atoms with Gasteiger partial charge in [0, 0.05) is 22.6 Å². The predicted octanol–water partition coefficient (Wildman–Crippen LogP) is 3.15. The normalized spacial score (nSPS) is 12.2. The number of anilines is 1. The van der Waals surface area contributed by atoms with E-state index in [2.05, 4.69) is 26.3 Å². The largest absolute Gasteiger partial charge is 0.324 e. The molecule has 1 heterocycles. The van der Waals surface area contributed by atoms with Gasteiger partial charge >= 0.3 is 0 Å². The highest BCUT2D eigenvalue weighted by Gasteiger charge is 2.15. The Balaban J connectivity index is 2.12.